The zero-order valence-corrected chi connectivity index (χ0v) is 8.75. The lowest BCUT2D eigenvalue weighted by Crippen LogP contribution is -2.07. The molecule has 0 aliphatic heterocycles. The van der Waals surface area contributed by atoms with Crippen LogP contribution in [0.2, 0.25) is 0 Å². The van der Waals surface area contributed by atoms with E-state index in [0.717, 1.165) is 4.90 Å². The van der Waals surface area contributed by atoms with Gasteiger partial charge in [-0.05, 0) is 12.1 Å². The van der Waals surface area contributed by atoms with Gasteiger partial charge in [0.2, 0.25) is 0 Å². The molecule has 0 N–H and O–H groups in total. The first-order chi connectivity index (χ1) is 6.74. The van der Waals surface area contributed by atoms with Gasteiger partial charge < -0.3 is 4.74 Å². The third-order valence-electron chi connectivity index (χ3n) is 1.73. The van der Waals surface area contributed by atoms with E-state index in [9.17, 15) is 9.00 Å². The molecule has 76 valence electrons. The Balaban J connectivity index is 2.48. The topological polar surface area (TPSA) is 43.4 Å². The molecule has 4 heteroatoms. The molecule has 0 amide bonds. The Bertz CT molecular complexity index is 321. The molecule has 1 rings (SSSR count). The van der Waals surface area contributed by atoms with Crippen molar-refractivity contribution in [2.45, 2.75) is 11.3 Å². The van der Waals surface area contributed by atoms with E-state index >= 15 is 0 Å². The van der Waals surface area contributed by atoms with E-state index in [2.05, 4.69) is 4.74 Å². The molecule has 1 aromatic rings. The SMILES string of the molecule is COC(=O)CC[S@](=O)c1ccccc1. The summed E-state index contributed by atoms with van der Waals surface area (Å²) in [5.74, 6) is -0.00858. The number of benzene rings is 1. The molecule has 3 nitrogen and oxygen atoms in total. The van der Waals surface area contributed by atoms with E-state index in [1.807, 2.05) is 18.2 Å². The van der Waals surface area contributed by atoms with Gasteiger partial charge in [-0.2, -0.15) is 0 Å². The number of rotatable bonds is 4. The van der Waals surface area contributed by atoms with Crippen LogP contribution in [-0.4, -0.2) is 23.0 Å². The van der Waals surface area contributed by atoms with Gasteiger partial charge in [-0.3, -0.25) is 9.00 Å². The van der Waals surface area contributed by atoms with Crippen molar-refractivity contribution in [1.82, 2.24) is 0 Å². The molecule has 0 bridgehead atoms. The molecule has 1 atom stereocenters. The summed E-state index contributed by atoms with van der Waals surface area (Å²) in [6.07, 6.45) is 0.192. The van der Waals surface area contributed by atoms with Crippen LogP contribution in [0.3, 0.4) is 0 Å². The van der Waals surface area contributed by atoms with E-state index in [1.54, 1.807) is 12.1 Å². The number of hydrogen-bond donors (Lipinski definition) is 0. The summed E-state index contributed by atoms with van der Waals surface area (Å²) in [7, 11) is 0.221. The first-order valence-corrected chi connectivity index (χ1v) is 5.56. The molecule has 0 aromatic heterocycles. The molecule has 0 unspecified atom stereocenters. The monoisotopic (exact) mass is 212 g/mol. The van der Waals surface area contributed by atoms with Crippen LogP contribution in [0.4, 0.5) is 0 Å². The van der Waals surface area contributed by atoms with Crippen molar-refractivity contribution in [1.29, 1.82) is 0 Å². The lowest BCUT2D eigenvalue weighted by Gasteiger charge is -2.00. The fourth-order valence-electron chi connectivity index (χ4n) is 0.968. The van der Waals surface area contributed by atoms with E-state index < -0.39 is 10.8 Å². The van der Waals surface area contributed by atoms with E-state index in [4.69, 9.17) is 0 Å². The average molecular weight is 212 g/mol. The first-order valence-electron chi connectivity index (χ1n) is 4.24. The second kappa shape index (κ2) is 5.54. The quantitative estimate of drug-likeness (QED) is 0.708. The summed E-state index contributed by atoms with van der Waals surface area (Å²) < 4.78 is 16.0. The summed E-state index contributed by atoms with van der Waals surface area (Å²) in [4.78, 5) is 11.5. The van der Waals surface area contributed by atoms with Crippen LogP contribution in [0.1, 0.15) is 6.42 Å². The van der Waals surface area contributed by atoms with Gasteiger partial charge >= 0.3 is 5.97 Å². The Hall–Kier alpha value is -1.16. The third kappa shape index (κ3) is 3.30. The minimum atomic E-state index is -1.11. The van der Waals surface area contributed by atoms with Gasteiger partial charge in [0.15, 0.2) is 0 Å². The van der Waals surface area contributed by atoms with Crippen molar-refractivity contribution < 1.29 is 13.7 Å². The van der Waals surface area contributed by atoms with Crippen molar-refractivity contribution in [3.63, 3.8) is 0 Å². The van der Waals surface area contributed by atoms with Crippen molar-refractivity contribution in [2.75, 3.05) is 12.9 Å². The predicted molar refractivity (Wildman–Crippen MR) is 54.4 cm³/mol. The molecule has 0 saturated carbocycles. The highest BCUT2D eigenvalue weighted by Gasteiger charge is 2.06. The summed E-state index contributed by atoms with van der Waals surface area (Å²) >= 11 is 0. The van der Waals surface area contributed by atoms with Crippen molar-refractivity contribution >= 4 is 16.8 Å². The maximum Gasteiger partial charge on any atom is 0.306 e. The van der Waals surface area contributed by atoms with E-state index in [-0.39, 0.29) is 12.4 Å². The fraction of sp³-hybridized carbons (Fsp3) is 0.300. The molecule has 0 heterocycles. The zero-order valence-electron chi connectivity index (χ0n) is 7.93. The van der Waals surface area contributed by atoms with Crippen LogP contribution in [0.5, 0.6) is 0 Å². The van der Waals surface area contributed by atoms with Gasteiger partial charge in [-0.15, -0.1) is 0 Å². The Morgan fingerprint density at radius 2 is 2.00 bits per heavy atom. The molecular weight excluding hydrogens is 200 g/mol. The largest absolute Gasteiger partial charge is 0.469 e. The number of ether oxygens (including phenoxy) is 1. The second-order valence-corrected chi connectivity index (χ2v) is 4.26. The number of carbonyl (C=O) groups is 1. The van der Waals surface area contributed by atoms with Gasteiger partial charge in [0.05, 0.1) is 24.3 Å². The normalized spacial score (nSPS) is 12.1. The summed E-state index contributed by atoms with van der Waals surface area (Å²) in [6.45, 7) is 0. The van der Waals surface area contributed by atoms with E-state index in [0.29, 0.717) is 5.75 Å². The number of esters is 1. The molecule has 0 aliphatic carbocycles. The van der Waals surface area contributed by atoms with Crippen molar-refractivity contribution in [2.24, 2.45) is 0 Å². The molecule has 0 radical (unpaired) electrons. The average Bonchev–Trinajstić information content (AvgIpc) is 2.26. The van der Waals surface area contributed by atoms with Crippen LogP contribution < -0.4 is 0 Å². The summed E-state index contributed by atoms with van der Waals surface area (Å²) in [5, 5.41) is 0. The molecule has 1 aromatic carbocycles. The van der Waals surface area contributed by atoms with Crippen LogP contribution in [0.15, 0.2) is 35.2 Å². The lowest BCUT2D eigenvalue weighted by atomic mass is 10.4. The van der Waals surface area contributed by atoms with Crippen LogP contribution in [-0.2, 0) is 20.3 Å². The Morgan fingerprint density at radius 3 is 2.57 bits per heavy atom. The van der Waals surface area contributed by atoms with Gasteiger partial charge in [-0.25, -0.2) is 0 Å². The van der Waals surface area contributed by atoms with Gasteiger partial charge in [0, 0.05) is 10.6 Å². The Morgan fingerprint density at radius 1 is 1.36 bits per heavy atom. The third-order valence-corrected chi connectivity index (χ3v) is 3.10. The Kier molecular flexibility index (Phi) is 4.32. The standard InChI is InChI=1S/C10H12O3S/c1-13-10(11)7-8-14(12)9-5-3-2-4-6-9/h2-6H,7-8H2,1H3/t14-/m0/s1. The highest BCUT2D eigenvalue weighted by atomic mass is 32.2. The maximum atomic E-state index is 11.6. The van der Waals surface area contributed by atoms with Crippen LogP contribution >= 0.6 is 0 Å². The second-order valence-electron chi connectivity index (χ2n) is 2.69. The highest BCUT2D eigenvalue weighted by Crippen LogP contribution is 2.06. The minimum absolute atomic E-state index is 0.192. The number of carbonyl (C=O) groups excluding carboxylic acids is 1. The molecular formula is C10H12O3S. The molecule has 0 aliphatic rings. The Labute approximate surface area is 85.5 Å². The summed E-state index contributed by atoms with van der Waals surface area (Å²) in [6, 6.07) is 9.08. The number of methoxy groups -OCH3 is 1. The van der Waals surface area contributed by atoms with E-state index in [1.165, 1.54) is 7.11 Å². The van der Waals surface area contributed by atoms with Crippen molar-refractivity contribution in [3.05, 3.63) is 30.3 Å². The molecule has 0 spiro atoms. The molecule has 0 fully saturated rings. The predicted octanol–water partition coefficient (Wildman–Crippen LogP) is 1.36. The van der Waals surface area contributed by atoms with Crippen molar-refractivity contribution in [3.8, 4) is 0 Å². The molecule has 0 saturated heterocycles. The lowest BCUT2D eigenvalue weighted by molar-refractivity contribution is -0.140. The number of hydrogen-bond acceptors (Lipinski definition) is 3. The van der Waals surface area contributed by atoms with Crippen LogP contribution in [0.25, 0.3) is 0 Å². The first kappa shape index (κ1) is 10.9. The maximum absolute atomic E-state index is 11.6. The smallest absolute Gasteiger partial charge is 0.306 e. The van der Waals surface area contributed by atoms with Crippen LogP contribution in [0, 0.1) is 0 Å². The van der Waals surface area contributed by atoms with Gasteiger partial charge in [-0.1, -0.05) is 18.2 Å². The van der Waals surface area contributed by atoms with Gasteiger partial charge in [0.1, 0.15) is 0 Å². The fourth-order valence-corrected chi connectivity index (χ4v) is 2.02. The zero-order chi connectivity index (χ0) is 10.4. The minimum Gasteiger partial charge on any atom is -0.469 e. The summed E-state index contributed by atoms with van der Waals surface area (Å²) in [5.41, 5.74) is 0. The van der Waals surface area contributed by atoms with Gasteiger partial charge in [0.25, 0.3) is 0 Å². The highest BCUT2D eigenvalue weighted by molar-refractivity contribution is 7.85. The molecule has 14 heavy (non-hydrogen) atoms.